The quantitative estimate of drug-likeness (QED) is 0.698. The Kier molecular flexibility index (Phi) is 2.61. The molecule has 0 unspecified atom stereocenters. The molecule has 0 saturated heterocycles. The molecule has 1 aromatic carbocycles. The van der Waals surface area contributed by atoms with Crippen LogP contribution in [0.25, 0.3) is 0 Å². The van der Waals surface area contributed by atoms with Gasteiger partial charge in [-0.25, -0.2) is 4.79 Å². The number of benzene rings is 1. The van der Waals surface area contributed by atoms with Crippen LogP contribution in [0.4, 0.5) is 0 Å². The minimum atomic E-state index is -1.09. The van der Waals surface area contributed by atoms with Crippen LogP contribution < -0.4 is 11.2 Å². The Morgan fingerprint density at radius 2 is 1.71 bits per heavy atom. The first-order chi connectivity index (χ1) is 8.11. The van der Waals surface area contributed by atoms with Crippen LogP contribution in [0.15, 0.2) is 52.2 Å². The molecule has 2 rings (SSSR count). The molecule has 86 valence electrons. The monoisotopic (exact) mass is 232 g/mol. The molecule has 0 atom stereocenters. The zero-order valence-electron chi connectivity index (χ0n) is 8.61. The fourth-order valence-corrected chi connectivity index (χ4v) is 1.37. The summed E-state index contributed by atoms with van der Waals surface area (Å²) in [6.07, 6.45) is 0.888. The lowest BCUT2D eigenvalue weighted by molar-refractivity contribution is 0.0925. The average Bonchev–Trinajstić information content (AvgIpc) is 2.35. The fourth-order valence-electron chi connectivity index (χ4n) is 1.37. The second-order valence-corrected chi connectivity index (χ2v) is 3.29. The van der Waals surface area contributed by atoms with Gasteiger partial charge in [0.05, 0.1) is 6.20 Å². The lowest BCUT2D eigenvalue weighted by Gasteiger charge is -2.03. The van der Waals surface area contributed by atoms with Gasteiger partial charge in [0.25, 0.3) is 11.5 Å². The summed E-state index contributed by atoms with van der Waals surface area (Å²) in [5, 5.41) is 9.11. The molecule has 17 heavy (non-hydrogen) atoms. The molecule has 0 radical (unpaired) electrons. The lowest BCUT2D eigenvalue weighted by Crippen LogP contribution is -2.42. The Balaban J connectivity index is 2.64. The van der Waals surface area contributed by atoms with E-state index in [1.165, 1.54) is 12.1 Å². The van der Waals surface area contributed by atoms with Gasteiger partial charge in [0.2, 0.25) is 0 Å². The predicted octanol–water partition coefficient (Wildman–Crippen LogP) is -0.0642. The first-order valence-corrected chi connectivity index (χ1v) is 4.75. The van der Waals surface area contributed by atoms with Crippen LogP contribution in [0.5, 0.6) is 0 Å². The topological polar surface area (TPSA) is 81.3 Å². The SMILES string of the molecule is O=C(c1ccccc1)n1c(=O)ccn(O)c1=O. The highest BCUT2D eigenvalue weighted by molar-refractivity contribution is 5.95. The molecule has 0 aliphatic heterocycles. The molecule has 0 amide bonds. The zero-order chi connectivity index (χ0) is 12.4. The maximum absolute atomic E-state index is 11.9. The van der Waals surface area contributed by atoms with E-state index in [0.29, 0.717) is 4.57 Å². The van der Waals surface area contributed by atoms with Gasteiger partial charge in [-0.2, -0.15) is 4.57 Å². The van der Waals surface area contributed by atoms with Crippen molar-refractivity contribution in [2.24, 2.45) is 0 Å². The standard InChI is InChI=1S/C11H8N2O4/c14-9-6-7-12(17)11(16)13(9)10(15)8-4-2-1-3-5-8/h1-7,17H. The van der Waals surface area contributed by atoms with Crippen LogP contribution in [0.3, 0.4) is 0 Å². The summed E-state index contributed by atoms with van der Waals surface area (Å²) in [7, 11) is 0. The summed E-state index contributed by atoms with van der Waals surface area (Å²) in [4.78, 5) is 34.8. The molecule has 0 aliphatic carbocycles. The Hall–Kier alpha value is -2.63. The first-order valence-electron chi connectivity index (χ1n) is 4.75. The molecule has 6 heteroatoms. The van der Waals surface area contributed by atoms with Crippen molar-refractivity contribution < 1.29 is 10.0 Å². The van der Waals surface area contributed by atoms with Crippen molar-refractivity contribution in [2.75, 3.05) is 0 Å². The number of nitrogens with zero attached hydrogens (tertiary/aromatic N) is 2. The molecule has 0 saturated carbocycles. The molecule has 1 heterocycles. The van der Waals surface area contributed by atoms with Crippen LogP contribution in [0, 0.1) is 0 Å². The molecular formula is C11H8N2O4. The minimum absolute atomic E-state index is 0.183. The smallest absolute Gasteiger partial charge is 0.370 e. The van der Waals surface area contributed by atoms with Crippen molar-refractivity contribution in [2.45, 2.75) is 0 Å². The van der Waals surface area contributed by atoms with Crippen LogP contribution in [-0.2, 0) is 0 Å². The largest absolute Gasteiger partial charge is 0.424 e. The van der Waals surface area contributed by atoms with E-state index in [4.69, 9.17) is 5.21 Å². The average molecular weight is 232 g/mol. The van der Waals surface area contributed by atoms with Gasteiger partial charge in [-0.15, -0.1) is 4.73 Å². The van der Waals surface area contributed by atoms with E-state index in [2.05, 4.69) is 0 Å². The van der Waals surface area contributed by atoms with Gasteiger partial charge in [-0.05, 0) is 12.1 Å². The molecule has 0 fully saturated rings. The summed E-state index contributed by atoms with van der Waals surface area (Å²) in [5.74, 6) is -0.774. The molecular weight excluding hydrogens is 224 g/mol. The summed E-state index contributed by atoms with van der Waals surface area (Å²) < 4.78 is 0.553. The molecule has 2 aromatic rings. The van der Waals surface area contributed by atoms with Gasteiger partial charge in [0.15, 0.2) is 0 Å². The van der Waals surface area contributed by atoms with Crippen LogP contribution in [0.2, 0.25) is 0 Å². The Morgan fingerprint density at radius 1 is 1.06 bits per heavy atom. The van der Waals surface area contributed by atoms with E-state index < -0.39 is 17.2 Å². The third-order valence-corrected chi connectivity index (χ3v) is 2.19. The lowest BCUT2D eigenvalue weighted by atomic mass is 10.2. The van der Waals surface area contributed by atoms with Crippen molar-refractivity contribution in [1.82, 2.24) is 9.30 Å². The number of hydrogen-bond donors (Lipinski definition) is 1. The number of carbonyl (C=O) groups is 1. The first kappa shape index (κ1) is 10.9. The number of rotatable bonds is 1. The van der Waals surface area contributed by atoms with Gasteiger partial charge in [0.1, 0.15) is 0 Å². The van der Waals surface area contributed by atoms with E-state index in [1.807, 2.05) is 0 Å². The van der Waals surface area contributed by atoms with Crippen LogP contribution in [-0.4, -0.2) is 20.4 Å². The van der Waals surface area contributed by atoms with Gasteiger partial charge in [0, 0.05) is 11.6 Å². The van der Waals surface area contributed by atoms with Crippen molar-refractivity contribution in [3.8, 4) is 0 Å². The number of carbonyl (C=O) groups excluding carboxylic acids is 1. The van der Waals surface area contributed by atoms with Gasteiger partial charge in [-0.1, -0.05) is 18.2 Å². The highest BCUT2D eigenvalue weighted by Gasteiger charge is 2.14. The van der Waals surface area contributed by atoms with Gasteiger partial charge < -0.3 is 5.21 Å². The molecule has 1 aromatic heterocycles. The van der Waals surface area contributed by atoms with Crippen molar-refractivity contribution in [3.63, 3.8) is 0 Å². The maximum Gasteiger partial charge on any atom is 0.370 e. The third-order valence-electron chi connectivity index (χ3n) is 2.19. The zero-order valence-corrected chi connectivity index (χ0v) is 8.61. The molecule has 0 bridgehead atoms. The molecule has 0 spiro atoms. The van der Waals surface area contributed by atoms with Crippen LogP contribution >= 0.6 is 0 Å². The third kappa shape index (κ3) is 1.87. The second-order valence-electron chi connectivity index (χ2n) is 3.29. The summed E-state index contributed by atoms with van der Waals surface area (Å²) in [5.41, 5.74) is -1.68. The fraction of sp³-hybridized carbons (Fsp3) is 0. The molecule has 0 aliphatic rings. The molecule has 6 nitrogen and oxygen atoms in total. The predicted molar refractivity (Wildman–Crippen MR) is 58.3 cm³/mol. The van der Waals surface area contributed by atoms with E-state index in [1.54, 1.807) is 18.2 Å². The van der Waals surface area contributed by atoms with Crippen molar-refractivity contribution in [1.29, 1.82) is 0 Å². The summed E-state index contributed by atoms with van der Waals surface area (Å²) in [6.45, 7) is 0. The number of aromatic nitrogens is 2. The van der Waals surface area contributed by atoms with Crippen molar-refractivity contribution >= 4 is 5.91 Å². The van der Waals surface area contributed by atoms with E-state index >= 15 is 0 Å². The van der Waals surface area contributed by atoms with E-state index in [0.717, 1.165) is 12.3 Å². The van der Waals surface area contributed by atoms with Crippen LogP contribution in [0.1, 0.15) is 10.4 Å². The normalized spacial score (nSPS) is 10.1. The minimum Gasteiger partial charge on any atom is -0.424 e. The Labute approximate surface area is 94.9 Å². The molecule has 1 N–H and O–H groups in total. The van der Waals surface area contributed by atoms with Gasteiger partial charge in [-0.3, -0.25) is 9.59 Å². The highest BCUT2D eigenvalue weighted by atomic mass is 16.5. The second kappa shape index (κ2) is 4.09. The van der Waals surface area contributed by atoms with E-state index in [-0.39, 0.29) is 10.3 Å². The van der Waals surface area contributed by atoms with Crippen molar-refractivity contribution in [3.05, 3.63) is 69.0 Å². The number of hydrogen-bond acceptors (Lipinski definition) is 4. The Bertz CT molecular complexity index is 670. The highest BCUT2D eigenvalue weighted by Crippen LogP contribution is 1.98. The maximum atomic E-state index is 11.9. The Morgan fingerprint density at radius 3 is 2.35 bits per heavy atom. The van der Waals surface area contributed by atoms with Gasteiger partial charge >= 0.3 is 5.69 Å². The summed E-state index contributed by atoms with van der Waals surface area (Å²) in [6, 6.07) is 8.81. The summed E-state index contributed by atoms with van der Waals surface area (Å²) >= 11 is 0. The van der Waals surface area contributed by atoms with E-state index in [9.17, 15) is 14.4 Å².